The Morgan fingerprint density at radius 2 is 1.65 bits per heavy atom. The van der Waals surface area contributed by atoms with E-state index in [2.05, 4.69) is 20.3 Å². The Morgan fingerprint density at radius 1 is 0.968 bits per heavy atom. The van der Waals surface area contributed by atoms with E-state index >= 15 is 0 Å². The first-order valence-electron chi connectivity index (χ1n) is 10.0. The number of halogens is 1. The predicted octanol–water partition coefficient (Wildman–Crippen LogP) is -2.72. The molecule has 1 aromatic carbocycles. The minimum atomic E-state index is -0.198. The Morgan fingerprint density at radius 3 is 2.26 bits per heavy atom. The van der Waals surface area contributed by atoms with Gasteiger partial charge in [0.2, 0.25) is 0 Å². The van der Waals surface area contributed by atoms with Crippen molar-refractivity contribution in [2.24, 2.45) is 7.05 Å². The van der Waals surface area contributed by atoms with Gasteiger partial charge in [0, 0.05) is 34.8 Å². The summed E-state index contributed by atoms with van der Waals surface area (Å²) in [5, 5.41) is 4.54. The van der Waals surface area contributed by atoms with Crippen LogP contribution >= 0.6 is 11.6 Å². The van der Waals surface area contributed by atoms with Gasteiger partial charge >= 0.3 is 0 Å². The first-order chi connectivity index (χ1) is 14.7. The minimum Gasteiger partial charge on any atom is -0.331 e. The van der Waals surface area contributed by atoms with Gasteiger partial charge in [-0.05, 0) is 19.1 Å². The molecule has 4 rings (SSSR count). The number of rotatable bonds is 3. The second-order valence-corrected chi connectivity index (χ2v) is 8.26. The zero-order valence-corrected chi connectivity index (χ0v) is 19.2. The van der Waals surface area contributed by atoms with Crippen LogP contribution in [0, 0.1) is 6.92 Å². The number of aromatic nitrogens is 4. The Kier molecular flexibility index (Phi) is 5.43. The van der Waals surface area contributed by atoms with Gasteiger partial charge in [-0.2, -0.15) is 0 Å². The van der Waals surface area contributed by atoms with Crippen LogP contribution in [0.3, 0.4) is 0 Å². The molecule has 31 heavy (non-hydrogen) atoms. The molecule has 3 aromatic heterocycles. The normalized spacial score (nSPS) is 11.1. The number of hydrogen-bond donors (Lipinski definition) is 1. The third-order valence-corrected chi connectivity index (χ3v) is 6.65. The molecular weight excluding hydrogens is 405 g/mol. The number of pyridine rings is 2. The highest BCUT2D eigenvalue weighted by molar-refractivity contribution is 6.65. The Bertz CT molecular complexity index is 1340. The monoisotopic (exact) mass is 425 g/mol. The van der Waals surface area contributed by atoms with Crippen LogP contribution in [-0.4, -0.2) is 56.8 Å². The number of carbonyl (C=O) groups excluding carboxylic acids is 1. The van der Waals surface area contributed by atoms with Crippen molar-refractivity contribution in [2.45, 2.75) is 6.92 Å². The number of fused-ring (bicyclic) bond motifs is 1. The molecule has 0 aliphatic rings. The lowest BCUT2D eigenvalue weighted by atomic mass is 9.67. The molecule has 0 atom stereocenters. The summed E-state index contributed by atoms with van der Waals surface area (Å²) in [7, 11) is 9.68. The molecule has 1 amide bonds. The number of amides is 1. The van der Waals surface area contributed by atoms with Crippen molar-refractivity contribution in [2.75, 3.05) is 5.32 Å². The van der Waals surface area contributed by atoms with Crippen LogP contribution in [-0.2, 0) is 7.05 Å². The smallest absolute Gasteiger partial charge is 0.255 e. The lowest BCUT2D eigenvalue weighted by Gasteiger charge is -2.18. The number of anilines is 1. The van der Waals surface area contributed by atoms with Crippen LogP contribution in [0.2, 0.25) is 5.02 Å². The maximum atomic E-state index is 13.1. The number of nitrogens with one attached hydrogen (secondary N) is 1. The molecule has 0 aliphatic heterocycles. The molecule has 11 heteroatoms. The third kappa shape index (κ3) is 3.65. The van der Waals surface area contributed by atoms with Crippen LogP contribution in [0.5, 0.6) is 0 Å². The Labute approximate surface area is 189 Å². The summed E-state index contributed by atoms with van der Waals surface area (Å²) in [6, 6.07) is 3.87. The summed E-state index contributed by atoms with van der Waals surface area (Å²) in [6.45, 7) is 1.96. The van der Waals surface area contributed by atoms with E-state index in [0.29, 0.717) is 16.4 Å². The molecule has 150 valence electrons. The molecule has 0 aliphatic carbocycles. The third-order valence-electron chi connectivity index (χ3n) is 6.09. The van der Waals surface area contributed by atoms with Gasteiger partial charge in [0.15, 0.2) is 0 Å². The van der Waals surface area contributed by atoms with Gasteiger partial charge in [-0.3, -0.25) is 9.78 Å². The number of hydrogen-bond acceptors (Lipinski definition) is 4. The van der Waals surface area contributed by atoms with Gasteiger partial charge in [-0.15, -0.1) is 0 Å². The fraction of sp³-hybridized carbons (Fsp3) is 0.100. The van der Waals surface area contributed by atoms with E-state index in [0.717, 1.165) is 49.8 Å². The van der Waals surface area contributed by atoms with Crippen LogP contribution in [0.1, 0.15) is 16.2 Å². The minimum absolute atomic E-state index is 0.198. The van der Waals surface area contributed by atoms with Crippen LogP contribution < -0.4 is 27.2 Å². The Hall–Kier alpha value is -2.99. The van der Waals surface area contributed by atoms with Crippen molar-refractivity contribution in [1.29, 1.82) is 0 Å². The highest BCUT2D eigenvalue weighted by Crippen LogP contribution is 2.24. The molecule has 0 spiro atoms. The first kappa shape index (κ1) is 21.2. The van der Waals surface area contributed by atoms with E-state index in [9.17, 15) is 4.79 Å². The summed E-state index contributed by atoms with van der Waals surface area (Å²) in [5.41, 5.74) is 6.92. The number of imidazole rings is 1. The van der Waals surface area contributed by atoms with E-state index in [-0.39, 0.29) is 5.91 Å². The van der Waals surface area contributed by atoms with Gasteiger partial charge in [0.25, 0.3) is 5.91 Å². The highest BCUT2D eigenvalue weighted by Gasteiger charge is 2.19. The first-order valence-corrected chi connectivity index (χ1v) is 10.4. The fourth-order valence-corrected chi connectivity index (χ4v) is 4.08. The van der Waals surface area contributed by atoms with E-state index in [1.807, 2.05) is 74.5 Å². The number of aryl methyl sites for hydroxylation is 1. The summed E-state index contributed by atoms with van der Waals surface area (Å²) in [4.78, 5) is 26.4. The molecule has 1 N–H and O–H groups in total. The van der Waals surface area contributed by atoms with Gasteiger partial charge in [0.05, 0.1) is 23.6 Å². The van der Waals surface area contributed by atoms with Crippen LogP contribution in [0.25, 0.3) is 22.2 Å². The fourth-order valence-electron chi connectivity index (χ4n) is 3.80. The van der Waals surface area contributed by atoms with Gasteiger partial charge in [0.1, 0.15) is 43.0 Å². The van der Waals surface area contributed by atoms with Crippen molar-refractivity contribution in [3.8, 4) is 11.3 Å². The maximum Gasteiger partial charge on any atom is 0.255 e. The molecular formula is C20H20B4ClN5O. The molecule has 0 fully saturated rings. The molecule has 0 saturated carbocycles. The number of nitrogens with zero attached hydrogens (tertiary/aromatic N) is 4. The van der Waals surface area contributed by atoms with Crippen molar-refractivity contribution in [3.63, 3.8) is 0 Å². The van der Waals surface area contributed by atoms with E-state index in [1.165, 1.54) is 0 Å². The van der Waals surface area contributed by atoms with Gasteiger partial charge in [-0.1, -0.05) is 33.5 Å². The largest absolute Gasteiger partial charge is 0.331 e. The molecule has 3 heterocycles. The summed E-state index contributed by atoms with van der Waals surface area (Å²) < 4.78 is 2.02. The second kappa shape index (κ2) is 7.93. The average Bonchev–Trinajstić information content (AvgIpc) is 3.09. The molecule has 0 unspecified atom stereocenters. The lowest BCUT2D eigenvalue weighted by molar-refractivity contribution is 0.102. The molecule has 0 radical (unpaired) electrons. The lowest BCUT2D eigenvalue weighted by Crippen LogP contribution is -2.47. The molecule has 4 aromatic rings. The Balaban J connectivity index is 1.71. The van der Waals surface area contributed by atoms with E-state index in [4.69, 9.17) is 11.6 Å². The summed E-state index contributed by atoms with van der Waals surface area (Å²) >= 11 is 6.41. The number of carbonyl (C=O) groups is 1. The van der Waals surface area contributed by atoms with Gasteiger partial charge in [-0.25, -0.2) is 9.97 Å². The maximum absolute atomic E-state index is 13.1. The van der Waals surface area contributed by atoms with Crippen molar-refractivity contribution >= 4 is 87.5 Å². The van der Waals surface area contributed by atoms with Gasteiger partial charge < -0.3 is 9.88 Å². The molecule has 0 saturated heterocycles. The standard InChI is InChI=1S/C20H20B4ClN5O/c1-8-26-7-12(30(8)2)10-3-9-4-13(28-6-11(9)27-5-10)29-20(31)14-15(21)17(23)19(25)18(24)16(14)22/h3-7H,21-24H2,1-2H3,(H,28,29,31). The molecule has 6 nitrogen and oxygen atoms in total. The van der Waals surface area contributed by atoms with Crippen LogP contribution in [0.4, 0.5) is 5.82 Å². The topological polar surface area (TPSA) is 72.7 Å². The van der Waals surface area contributed by atoms with Crippen LogP contribution in [0.15, 0.2) is 30.7 Å². The van der Waals surface area contributed by atoms with Crippen molar-refractivity contribution in [1.82, 2.24) is 19.5 Å². The predicted molar refractivity (Wildman–Crippen MR) is 139 cm³/mol. The zero-order chi connectivity index (χ0) is 22.4. The van der Waals surface area contributed by atoms with Crippen molar-refractivity contribution < 1.29 is 4.79 Å². The average molecular weight is 425 g/mol. The second-order valence-electron chi connectivity index (χ2n) is 7.88. The highest BCUT2D eigenvalue weighted by atomic mass is 35.5. The summed E-state index contributed by atoms with van der Waals surface area (Å²) in [6.07, 6.45) is 5.31. The SMILES string of the molecule is Bc1c(B)c(C(=O)Nc2cc3cc(-c4cnc(C)n4C)cnc3cn2)c(B)c(B)c1Cl. The quantitative estimate of drug-likeness (QED) is 0.363. The van der Waals surface area contributed by atoms with E-state index < -0.39 is 0 Å². The zero-order valence-electron chi connectivity index (χ0n) is 18.5. The van der Waals surface area contributed by atoms with E-state index in [1.54, 1.807) is 6.20 Å². The molecule has 0 bridgehead atoms. The summed E-state index contributed by atoms with van der Waals surface area (Å²) in [5.74, 6) is 1.20. The van der Waals surface area contributed by atoms with Crippen molar-refractivity contribution in [3.05, 3.63) is 47.1 Å². The number of benzene rings is 1.